The number of nitrogens with zero attached hydrogens (tertiary/aromatic N) is 1. The smallest absolute Gasteiger partial charge is 0.302 e. The fourth-order valence-electron chi connectivity index (χ4n) is 0.372. The van der Waals surface area contributed by atoms with Crippen LogP contribution in [0.25, 0.3) is 0 Å². The van der Waals surface area contributed by atoms with Crippen molar-refractivity contribution in [3.8, 4) is 0 Å². The third-order valence-corrected chi connectivity index (χ3v) is 0.844. The second kappa shape index (κ2) is 6.61. The zero-order chi connectivity index (χ0) is 7.28. The third kappa shape index (κ3) is 10.5. The number of rotatable bonds is 3. The molecular formula is C6H16BNO2. The van der Waals surface area contributed by atoms with Crippen LogP contribution in [0.2, 0.25) is 0 Å². The molecule has 60 valence electrons. The van der Waals surface area contributed by atoms with E-state index in [0.29, 0.717) is 6.61 Å². The average molecular weight is 145 g/mol. The van der Waals surface area contributed by atoms with Gasteiger partial charge >= 0.3 is 5.97 Å². The van der Waals surface area contributed by atoms with Gasteiger partial charge in [-0.2, -0.15) is 0 Å². The van der Waals surface area contributed by atoms with Gasteiger partial charge in [0, 0.05) is 13.5 Å². The van der Waals surface area contributed by atoms with Gasteiger partial charge < -0.3 is 9.64 Å². The van der Waals surface area contributed by atoms with E-state index in [0.717, 1.165) is 6.54 Å². The van der Waals surface area contributed by atoms with Crippen LogP contribution in [0.3, 0.4) is 0 Å². The SMILES string of the molecule is B.CC(=O)OCCN(C)C. The van der Waals surface area contributed by atoms with Crippen LogP contribution in [-0.2, 0) is 9.53 Å². The molecule has 0 bridgehead atoms. The minimum absolute atomic E-state index is 0. The molecule has 0 saturated carbocycles. The summed E-state index contributed by atoms with van der Waals surface area (Å²) < 4.78 is 4.67. The van der Waals surface area contributed by atoms with E-state index in [2.05, 4.69) is 4.74 Å². The van der Waals surface area contributed by atoms with Gasteiger partial charge in [-0.25, -0.2) is 0 Å². The Bertz CT molecular complexity index is 95.7. The third-order valence-electron chi connectivity index (χ3n) is 0.844. The van der Waals surface area contributed by atoms with Crippen LogP contribution in [-0.4, -0.2) is 46.5 Å². The number of esters is 1. The van der Waals surface area contributed by atoms with Crippen molar-refractivity contribution in [3.63, 3.8) is 0 Å². The maximum atomic E-state index is 10.2. The quantitative estimate of drug-likeness (QED) is 0.374. The fraction of sp³-hybridized carbons (Fsp3) is 0.833. The highest BCUT2D eigenvalue weighted by atomic mass is 16.5. The molecule has 3 nitrogen and oxygen atoms in total. The summed E-state index contributed by atoms with van der Waals surface area (Å²) in [5, 5.41) is 0. The van der Waals surface area contributed by atoms with Gasteiger partial charge in [0.2, 0.25) is 0 Å². The summed E-state index contributed by atoms with van der Waals surface area (Å²) in [5.74, 6) is -0.211. The summed E-state index contributed by atoms with van der Waals surface area (Å²) in [5.41, 5.74) is 0. The van der Waals surface area contributed by atoms with E-state index in [1.807, 2.05) is 19.0 Å². The van der Waals surface area contributed by atoms with Crippen molar-refractivity contribution in [2.24, 2.45) is 0 Å². The maximum Gasteiger partial charge on any atom is 0.302 e. The Hall–Kier alpha value is -0.505. The van der Waals surface area contributed by atoms with E-state index in [-0.39, 0.29) is 14.4 Å². The van der Waals surface area contributed by atoms with Crippen molar-refractivity contribution in [2.75, 3.05) is 27.2 Å². The predicted octanol–water partition coefficient (Wildman–Crippen LogP) is -1.07. The normalized spacial score (nSPS) is 8.80. The molecule has 0 rings (SSSR count). The molecule has 0 amide bonds. The Labute approximate surface area is 63.9 Å². The number of carbonyl (C=O) groups excluding carboxylic acids is 1. The summed E-state index contributed by atoms with van der Waals surface area (Å²) in [6.07, 6.45) is 0. The van der Waals surface area contributed by atoms with Gasteiger partial charge in [-0.15, -0.1) is 0 Å². The topological polar surface area (TPSA) is 29.5 Å². The highest BCUT2D eigenvalue weighted by molar-refractivity contribution is 5.75. The van der Waals surface area contributed by atoms with E-state index < -0.39 is 0 Å². The van der Waals surface area contributed by atoms with Crippen LogP contribution in [0.1, 0.15) is 6.92 Å². The first-order valence-corrected chi connectivity index (χ1v) is 2.91. The zero-order valence-corrected chi connectivity index (χ0v) is 6.18. The van der Waals surface area contributed by atoms with Crippen LogP contribution in [0.15, 0.2) is 0 Å². The van der Waals surface area contributed by atoms with E-state index in [1.165, 1.54) is 6.92 Å². The molecule has 0 radical (unpaired) electrons. The molecule has 0 aliphatic rings. The molecule has 0 aromatic rings. The van der Waals surface area contributed by atoms with Gasteiger partial charge in [-0.3, -0.25) is 4.79 Å². The van der Waals surface area contributed by atoms with E-state index >= 15 is 0 Å². The molecule has 0 aromatic heterocycles. The standard InChI is InChI=1S/C6H13NO2.BH3/c1-6(8)9-5-4-7(2)3;/h4-5H2,1-3H3;1H3. The van der Waals surface area contributed by atoms with Crippen LogP contribution in [0.5, 0.6) is 0 Å². The average Bonchev–Trinajstić information content (AvgIpc) is 1.63. The van der Waals surface area contributed by atoms with Crippen LogP contribution < -0.4 is 0 Å². The number of hydrogen-bond donors (Lipinski definition) is 0. The van der Waals surface area contributed by atoms with Crippen LogP contribution in [0.4, 0.5) is 0 Å². The number of hydrogen-bond acceptors (Lipinski definition) is 3. The number of ether oxygens (including phenoxy) is 1. The molecule has 0 aliphatic carbocycles. The largest absolute Gasteiger partial charge is 0.465 e. The highest BCUT2D eigenvalue weighted by Crippen LogP contribution is 1.77. The minimum Gasteiger partial charge on any atom is -0.465 e. The zero-order valence-electron chi connectivity index (χ0n) is 6.18. The van der Waals surface area contributed by atoms with Crippen molar-refractivity contribution in [1.29, 1.82) is 0 Å². The summed E-state index contributed by atoms with van der Waals surface area (Å²) in [4.78, 5) is 12.1. The Kier molecular flexibility index (Phi) is 8.07. The first kappa shape index (κ1) is 12.2. The lowest BCUT2D eigenvalue weighted by molar-refractivity contribution is -0.141. The summed E-state index contributed by atoms with van der Waals surface area (Å²) in [6, 6.07) is 0. The minimum atomic E-state index is -0.211. The highest BCUT2D eigenvalue weighted by Gasteiger charge is 1.92. The van der Waals surface area contributed by atoms with Crippen LogP contribution >= 0.6 is 0 Å². The molecule has 0 aromatic carbocycles. The second-order valence-electron chi connectivity index (χ2n) is 2.14. The Morgan fingerprint density at radius 2 is 2.00 bits per heavy atom. The van der Waals surface area contributed by atoms with Gasteiger partial charge in [-0.1, -0.05) is 0 Å². The number of likely N-dealkylation sites (N-methyl/N-ethyl adjacent to an activating group) is 1. The van der Waals surface area contributed by atoms with Crippen molar-refractivity contribution >= 4 is 14.4 Å². The Balaban J connectivity index is 0. The molecule has 0 N–H and O–H groups in total. The molecule has 4 heteroatoms. The van der Waals surface area contributed by atoms with E-state index in [1.54, 1.807) is 0 Å². The van der Waals surface area contributed by atoms with Crippen molar-refractivity contribution < 1.29 is 9.53 Å². The van der Waals surface area contributed by atoms with Gasteiger partial charge in [0.1, 0.15) is 6.61 Å². The predicted molar refractivity (Wildman–Crippen MR) is 45.1 cm³/mol. The van der Waals surface area contributed by atoms with Crippen LogP contribution in [0, 0.1) is 0 Å². The van der Waals surface area contributed by atoms with Gasteiger partial charge in [0.05, 0.1) is 8.41 Å². The monoisotopic (exact) mass is 145 g/mol. The maximum absolute atomic E-state index is 10.2. The van der Waals surface area contributed by atoms with Gasteiger partial charge in [0.15, 0.2) is 0 Å². The molecule has 0 fully saturated rings. The first-order valence-electron chi connectivity index (χ1n) is 2.91. The lowest BCUT2D eigenvalue weighted by atomic mass is 10.6. The molecule has 0 spiro atoms. The van der Waals surface area contributed by atoms with Crippen molar-refractivity contribution in [3.05, 3.63) is 0 Å². The molecule has 10 heavy (non-hydrogen) atoms. The lowest BCUT2D eigenvalue weighted by Crippen LogP contribution is -2.19. The van der Waals surface area contributed by atoms with Gasteiger partial charge in [-0.05, 0) is 14.1 Å². The Morgan fingerprint density at radius 1 is 1.50 bits per heavy atom. The van der Waals surface area contributed by atoms with E-state index in [4.69, 9.17) is 0 Å². The van der Waals surface area contributed by atoms with E-state index in [9.17, 15) is 4.79 Å². The Morgan fingerprint density at radius 3 is 2.30 bits per heavy atom. The molecular weight excluding hydrogens is 129 g/mol. The van der Waals surface area contributed by atoms with Gasteiger partial charge in [0.25, 0.3) is 0 Å². The molecule has 0 atom stereocenters. The second-order valence-corrected chi connectivity index (χ2v) is 2.14. The first-order chi connectivity index (χ1) is 4.13. The van der Waals surface area contributed by atoms with Crippen molar-refractivity contribution in [2.45, 2.75) is 6.92 Å². The molecule has 0 saturated heterocycles. The summed E-state index contributed by atoms with van der Waals surface area (Å²) in [6.45, 7) is 2.69. The van der Waals surface area contributed by atoms with Crippen molar-refractivity contribution in [1.82, 2.24) is 4.90 Å². The molecule has 0 aliphatic heterocycles. The number of carbonyl (C=O) groups is 1. The fourth-order valence-corrected chi connectivity index (χ4v) is 0.372. The molecule has 0 heterocycles. The summed E-state index contributed by atoms with van der Waals surface area (Å²) in [7, 11) is 3.87. The summed E-state index contributed by atoms with van der Waals surface area (Å²) >= 11 is 0. The molecule has 0 unspecified atom stereocenters. The lowest BCUT2D eigenvalue weighted by Gasteiger charge is -2.07.